The Labute approximate surface area is 172 Å². The van der Waals surface area contributed by atoms with E-state index in [9.17, 15) is 14.4 Å². The van der Waals surface area contributed by atoms with E-state index in [4.69, 9.17) is 0 Å². The Hall–Kier alpha value is -3.15. The van der Waals surface area contributed by atoms with Gasteiger partial charge in [-0.25, -0.2) is 0 Å². The molecular weight excluding hydrogens is 366 g/mol. The molecule has 0 saturated heterocycles. The lowest BCUT2D eigenvalue weighted by Gasteiger charge is -2.22. The summed E-state index contributed by atoms with van der Waals surface area (Å²) in [5.41, 5.74) is 4.12. The van der Waals surface area contributed by atoms with Crippen LogP contribution in [0, 0.1) is 26.7 Å². The third-order valence-electron chi connectivity index (χ3n) is 4.68. The van der Waals surface area contributed by atoms with Gasteiger partial charge in [0.15, 0.2) is 0 Å². The minimum Gasteiger partial charge on any atom is -0.345 e. The van der Waals surface area contributed by atoms with Gasteiger partial charge >= 0.3 is 0 Å². The van der Waals surface area contributed by atoms with Crippen LogP contribution in [-0.2, 0) is 9.59 Å². The number of hydrogen-bond acceptors (Lipinski definition) is 3. The maximum atomic E-state index is 12.6. The second kappa shape index (κ2) is 9.87. The minimum atomic E-state index is -0.740. The number of hydrogen-bond donors (Lipinski definition) is 3. The molecule has 0 heterocycles. The standard InChI is InChI=1S/C23H29N3O3/c1-14(2)20(26-22(28)18-11-6-8-15(3)12-18)23(29)24-13-19(27)25-21-16(4)9-7-10-17(21)5/h6-12,14,20H,13H2,1-5H3,(H,24,29)(H,25,27)(H,26,28). The molecule has 0 radical (unpaired) electrons. The molecule has 2 rings (SSSR count). The first kappa shape index (κ1) is 22.1. The molecule has 29 heavy (non-hydrogen) atoms. The van der Waals surface area contributed by atoms with Gasteiger partial charge in [0.1, 0.15) is 6.04 Å². The van der Waals surface area contributed by atoms with Crippen molar-refractivity contribution in [2.45, 2.75) is 40.7 Å². The number of rotatable bonds is 7. The maximum Gasteiger partial charge on any atom is 0.251 e. The van der Waals surface area contributed by atoms with Crippen molar-refractivity contribution in [2.24, 2.45) is 5.92 Å². The normalized spacial score (nSPS) is 11.7. The highest BCUT2D eigenvalue weighted by Gasteiger charge is 2.25. The molecule has 3 amide bonds. The van der Waals surface area contributed by atoms with Crippen LogP contribution in [0.25, 0.3) is 0 Å². The zero-order valence-corrected chi connectivity index (χ0v) is 17.6. The Morgan fingerprint density at radius 3 is 2.14 bits per heavy atom. The van der Waals surface area contributed by atoms with Gasteiger partial charge in [0.25, 0.3) is 5.91 Å². The summed E-state index contributed by atoms with van der Waals surface area (Å²) in [4.78, 5) is 37.4. The molecule has 0 bridgehead atoms. The number of amides is 3. The van der Waals surface area contributed by atoms with Gasteiger partial charge in [0.05, 0.1) is 6.54 Å². The van der Waals surface area contributed by atoms with Crippen LogP contribution < -0.4 is 16.0 Å². The molecule has 6 heteroatoms. The maximum absolute atomic E-state index is 12.6. The van der Waals surface area contributed by atoms with Gasteiger partial charge in [-0.15, -0.1) is 0 Å². The minimum absolute atomic E-state index is 0.134. The van der Waals surface area contributed by atoms with Crippen LogP contribution in [0.3, 0.4) is 0 Å². The van der Waals surface area contributed by atoms with Gasteiger partial charge in [-0.05, 0) is 49.9 Å². The highest BCUT2D eigenvalue weighted by Crippen LogP contribution is 2.19. The molecule has 2 aromatic carbocycles. The smallest absolute Gasteiger partial charge is 0.251 e. The van der Waals surface area contributed by atoms with E-state index >= 15 is 0 Å². The molecule has 0 saturated carbocycles. The van der Waals surface area contributed by atoms with Crippen molar-refractivity contribution in [3.63, 3.8) is 0 Å². The number of carbonyl (C=O) groups is 3. The summed E-state index contributed by atoms with van der Waals surface area (Å²) in [6.45, 7) is 9.25. The van der Waals surface area contributed by atoms with Gasteiger partial charge in [-0.2, -0.15) is 0 Å². The monoisotopic (exact) mass is 395 g/mol. The summed E-state index contributed by atoms with van der Waals surface area (Å²) >= 11 is 0. The Balaban J connectivity index is 1.97. The van der Waals surface area contributed by atoms with Crippen LogP contribution in [0.15, 0.2) is 42.5 Å². The number of anilines is 1. The number of para-hydroxylation sites is 1. The van der Waals surface area contributed by atoms with Crippen molar-refractivity contribution in [3.05, 3.63) is 64.7 Å². The fourth-order valence-corrected chi connectivity index (χ4v) is 3.02. The summed E-state index contributed by atoms with van der Waals surface area (Å²) in [5.74, 6) is -1.16. The van der Waals surface area contributed by atoms with Gasteiger partial charge in [-0.3, -0.25) is 14.4 Å². The summed E-state index contributed by atoms with van der Waals surface area (Å²) in [6.07, 6.45) is 0. The molecule has 0 fully saturated rings. The van der Waals surface area contributed by atoms with Gasteiger partial charge < -0.3 is 16.0 Å². The lowest BCUT2D eigenvalue weighted by Crippen LogP contribution is -2.51. The molecule has 3 N–H and O–H groups in total. The van der Waals surface area contributed by atoms with Gasteiger partial charge in [0.2, 0.25) is 11.8 Å². The summed E-state index contributed by atoms with van der Waals surface area (Å²) < 4.78 is 0. The lowest BCUT2D eigenvalue weighted by atomic mass is 10.0. The first-order chi connectivity index (χ1) is 13.7. The van der Waals surface area contributed by atoms with Gasteiger partial charge in [0, 0.05) is 11.3 Å². The molecule has 0 aliphatic rings. The highest BCUT2D eigenvalue weighted by molar-refractivity contribution is 5.99. The Morgan fingerprint density at radius 1 is 0.931 bits per heavy atom. The van der Waals surface area contributed by atoms with Crippen LogP contribution in [0.5, 0.6) is 0 Å². The van der Waals surface area contributed by atoms with Crippen LogP contribution >= 0.6 is 0 Å². The van der Waals surface area contributed by atoms with E-state index < -0.39 is 11.9 Å². The van der Waals surface area contributed by atoms with Crippen LogP contribution in [0.2, 0.25) is 0 Å². The fourth-order valence-electron chi connectivity index (χ4n) is 3.02. The quantitative estimate of drug-likeness (QED) is 0.673. The van der Waals surface area contributed by atoms with Crippen molar-refractivity contribution in [2.75, 3.05) is 11.9 Å². The molecule has 0 aliphatic heterocycles. The van der Waals surface area contributed by atoms with Crippen LogP contribution in [0.1, 0.15) is 40.9 Å². The molecule has 0 aromatic heterocycles. The average molecular weight is 396 g/mol. The van der Waals surface area contributed by atoms with Crippen LogP contribution in [-0.4, -0.2) is 30.3 Å². The third kappa shape index (κ3) is 6.17. The molecule has 1 atom stereocenters. The zero-order chi connectivity index (χ0) is 21.6. The molecular formula is C23H29N3O3. The van der Waals surface area contributed by atoms with E-state index in [-0.39, 0.29) is 24.3 Å². The Kier molecular flexibility index (Phi) is 7.53. The average Bonchev–Trinajstić information content (AvgIpc) is 2.66. The predicted molar refractivity (Wildman–Crippen MR) is 115 cm³/mol. The SMILES string of the molecule is Cc1cccc(C(=O)NC(C(=O)NCC(=O)Nc2c(C)cccc2C)C(C)C)c1. The third-order valence-corrected chi connectivity index (χ3v) is 4.68. The van der Waals surface area contributed by atoms with Crippen molar-refractivity contribution in [1.29, 1.82) is 0 Å². The number of carbonyl (C=O) groups excluding carboxylic acids is 3. The largest absolute Gasteiger partial charge is 0.345 e. The van der Waals surface area contributed by atoms with Gasteiger partial charge in [-0.1, -0.05) is 49.7 Å². The molecule has 2 aromatic rings. The second-order valence-electron chi connectivity index (χ2n) is 7.60. The second-order valence-corrected chi connectivity index (χ2v) is 7.60. The Bertz CT molecular complexity index is 886. The number of nitrogens with one attached hydrogen (secondary N) is 3. The highest BCUT2D eigenvalue weighted by atomic mass is 16.2. The number of aryl methyl sites for hydroxylation is 3. The molecule has 0 spiro atoms. The van der Waals surface area contributed by atoms with Crippen molar-refractivity contribution in [1.82, 2.24) is 10.6 Å². The molecule has 6 nitrogen and oxygen atoms in total. The zero-order valence-electron chi connectivity index (χ0n) is 17.6. The predicted octanol–water partition coefficient (Wildman–Crippen LogP) is 3.12. The van der Waals surface area contributed by atoms with Crippen molar-refractivity contribution < 1.29 is 14.4 Å². The van der Waals surface area contributed by atoms with E-state index in [2.05, 4.69) is 16.0 Å². The van der Waals surface area contributed by atoms with E-state index in [1.807, 2.05) is 58.9 Å². The summed E-state index contributed by atoms with van der Waals surface area (Å²) in [5, 5.41) is 8.23. The summed E-state index contributed by atoms with van der Waals surface area (Å²) in [7, 11) is 0. The molecule has 1 unspecified atom stereocenters. The van der Waals surface area contributed by atoms with E-state index in [0.29, 0.717) is 5.56 Å². The fraction of sp³-hybridized carbons (Fsp3) is 0.348. The Morgan fingerprint density at radius 2 is 1.55 bits per heavy atom. The first-order valence-corrected chi connectivity index (χ1v) is 9.70. The molecule has 154 valence electrons. The summed E-state index contributed by atoms with van der Waals surface area (Å²) in [6, 6.07) is 12.2. The van der Waals surface area contributed by atoms with Crippen molar-refractivity contribution in [3.8, 4) is 0 Å². The van der Waals surface area contributed by atoms with Crippen molar-refractivity contribution >= 4 is 23.4 Å². The van der Waals surface area contributed by atoms with E-state index in [1.54, 1.807) is 18.2 Å². The van der Waals surface area contributed by atoms with E-state index in [1.165, 1.54) is 0 Å². The first-order valence-electron chi connectivity index (χ1n) is 9.70. The van der Waals surface area contributed by atoms with E-state index in [0.717, 1.165) is 22.4 Å². The molecule has 0 aliphatic carbocycles. The van der Waals surface area contributed by atoms with Crippen LogP contribution in [0.4, 0.5) is 5.69 Å². The number of benzene rings is 2. The topological polar surface area (TPSA) is 87.3 Å². The lowest BCUT2D eigenvalue weighted by molar-refractivity contribution is -0.126.